The molecular weight excluding hydrogens is 332 g/mol. The van der Waals surface area contributed by atoms with Crippen LogP contribution in [0.2, 0.25) is 0 Å². The number of likely N-dealkylation sites (tertiary alicyclic amines) is 1. The van der Waals surface area contributed by atoms with Gasteiger partial charge in [0, 0.05) is 29.8 Å². The van der Waals surface area contributed by atoms with Crippen molar-refractivity contribution in [1.82, 2.24) is 4.90 Å². The fraction of sp³-hybridized carbons (Fsp3) is 0.579. The van der Waals surface area contributed by atoms with Crippen LogP contribution in [0.3, 0.4) is 0 Å². The van der Waals surface area contributed by atoms with E-state index in [0.29, 0.717) is 13.0 Å². The zero-order valence-electron chi connectivity index (χ0n) is 15.6. The van der Waals surface area contributed by atoms with E-state index in [-0.39, 0.29) is 30.9 Å². The van der Waals surface area contributed by atoms with Crippen molar-refractivity contribution in [3.8, 4) is 0 Å². The first-order valence-corrected chi connectivity index (χ1v) is 9.00. The number of carbonyl (C=O) groups is 2. The maximum absolute atomic E-state index is 12.9. The zero-order valence-corrected chi connectivity index (χ0v) is 15.6. The van der Waals surface area contributed by atoms with Crippen LogP contribution in [-0.2, 0) is 20.9 Å². The minimum absolute atomic E-state index is 0.0445. The fourth-order valence-electron chi connectivity index (χ4n) is 3.43. The molecule has 1 aliphatic rings. The van der Waals surface area contributed by atoms with Crippen LogP contribution in [0.15, 0.2) is 35.4 Å². The summed E-state index contributed by atoms with van der Waals surface area (Å²) in [5.74, 6) is -1.03. The van der Waals surface area contributed by atoms with E-state index in [9.17, 15) is 9.59 Å². The molecule has 7 nitrogen and oxygen atoms in total. The van der Waals surface area contributed by atoms with Gasteiger partial charge in [-0.3, -0.25) is 9.59 Å². The third kappa shape index (κ3) is 4.17. The van der Waals surface area contributed by atoms with Gasteiger partial charge in [0.05, 0.1) is 0 Å². The van der Waals surface area contributed by atoms with Crippen LogP contribution in [0.1, 0.15) is 39.2 Å². The molecule has 1 saturated heterocycles. The molecule has 1 aromatic carbocycles. The quantitative estimate of drug-likeness (QED) is 0.322. The molecule has 1 fully saturated rings. The maximum Gasteiger partial charge on any atom is 0.320 e. The Morgan fingerprint density at radius 1 is 1.38 bits per heavy atom. The van der Waals surface area contributed by atoms with E-state index in [1.807, 2.05) is 51.1 Å². The zero-order chi connectivity index (χ0) is 19.2. The lowest BCUT2D eigenvalue weighted by atomic mass is 9.85. The van der Waals surface area contributed by atoms with Gasteiger partial charge in [-0.2, -0.15) is 0 Å². The number of carbonyl (C=O) groups excluding carboxylic acids is 2. The third-order valence-electron chi connectivity index (χ3n) is 4.78. The average molecular weight is 358 g/mol. The Morgan fingerprint density at radius 2 is 2.08 bits per heavy atom. The Bertz CT molecular complexity index is 685. The Hall–Kier alpha value is -2.53. The molecule has 0 radical (unpaired) electrons. The minimum Gasteiger partial charge on any atom is -0.460 e. The van der Waals surface area contributed by atoms with Crippen molar-refractivity contribution >= 4 is 11.9 Å². The maximum atomic E-state index is 12.9. The Labute approximate surface area is 153 Å². The normalized spacial score (nSPS) is 22.2. The lowest BCUT2D eigenvalue weighted by Gasteiger charge is -2.27. The monoisotopic (exact) mass is 358 g/mol. The summed E-state index contributed by atoms with van der Waals surface area (Å²) in [4.78, 5) is 29.9. The largest absolute Gasteiger partial charge is 0.460 e. The van der Waals surface area contributed by atoms with E-state index in [0.717, 1.165) is 12.0 Å². The first-order chi connectivity index (χ1) is 12.4. The first-order valence-electron chi connectivity index (χ1n) is 9.00. The predicted octanol–water partition coefficient (Wildman–Crippen LogP) is 3.69. The van der Waals surface area contributed by atoms with Crippen LogP contribution < -0.4 is 0 Å². The SMILES string of the molecule is CCC[C@H]1CN(C(=O)C(C)C)C[C@@]1(N=[N+]=[N-])C(=O)OCc1ccccc1. The van der Waals surface area contributed by atoms with Crippen LogP contribution in [0.5, 0.6) is 0 Å². The van der Waals surface area contributed by atoms with Gasteiger partial charge in [0.2, 0.25) is 5.91 Å². The van der Waals surface area contributed by atoms with Crippen molar-refractivity contribution in [3.05, 3.63) is 46.3 Å². The van der Waals surface area contributed by atoms with Crippen molar-refractivity contribution in [1.29, 1.82) is 0 Å². The van der Waals surface area contributed by atoms with Crippen molar-refractivity contribution in [3.63, 3.8) is 0 Å². The molecule has 1 aliphatic heterocycles. The topological polar surface area (TPSA) is 95.4 Å². The number of hydrogen-bond donors (Lipinski definition) is 0. The van der Waals surface area contributed by atoms with Crippen molar-refractivity contribution in [2.75, 3.05) is 13.1 Å². The molecule has 2 atom stereocenters. The highest BCUT2D eigenvalue weighted by molar-refractivity contribution is 5.86. The number of azide groups is 1. The Kier molecular flexibility index (Phi) is 6.64. The molecule has 0 aromatic heterocycles. The summed E-state index contributed by atoms with van der Waals surface area (Å²) in [6.45, 7) is 6.23. The Balaban J connectivity index is 2.24. The number of amides is 1. The molecule has 0 aliphatic carbocycles. The third-order valence-corrected chi connectivity index (χ3v) is 4.78. The summed E-state index contributed by atoms with van der Waals surface area (Å²) < 4.78 is 5.49. The predicted molar refractivity (Wildman–Crippen MR) is 97.9 cm³/mol. The number of benzene rings is 1. The number of nitrogens with zero attached hydrogens (tertiary/aromatic N) is 4. The molecule has 2 rings (SSSR count). The highest BCUT2D eigenvalue weighted by Crippen LogP contribution is 2.37. The van der Waals surface area contributed by atoms with E-state index in [1.54, 1.807) is 4.90 Å². The molecule has 0 spiro atoms. The average Bonchev–Trinajstić information content (AvgIpc) is 3.00. The van der Waals surface area contributed by atoms with Crippen LogP contribution in [-0.4, -0.2) is 35.4 Å². The highest BCUT2D eigenvalue weighted by atomic mass is 16.5. The molecular formula is C19H26N4O3. The van der Waals surface area contributed by atoms with Gasteiger partial charge in [0.15, 0.2) is 5.54 Å². The fourth-order valence-corrected chi connectivity index (χ4v) is 3.43. The summed E-state index contributed by atoms with van der Waals surface area (Å²) in [6.07, 6.45) is 1.50. The lowest BCUT2D eigenvalue weighted by molar-refractivity contribution is -0.152. The van der Waals surface area contributed by atoms with Gasteiger partial charge in [-0.25, -0.2) is 0 Å². The molecule has 0 bridgehead atoms. The van der Waals surface area contributed by atoms with Crippen LogP contribution >= 0.6 is 0 Å². The van der Waals surface area contributed by atoms with Gasteiger partial charge in [0.1, 0.15) is 6.61 Å². The van der Waals surface area contributed by atoms with Crippen molar-refractivity contribution in [2.24, 2.45) is 17.0 Å². The van der Waals surface area contributed by atoms with E-state index < -0.39 is 11.5 Å². The summed E-state index contributed by atoms with van der Waals surface area (Å²) >= 11 is 0. The first kappa shape index (κ1) is 19.8. The van der Waals surface area contributed by atoms with Gasteiger partial charge >= 0.3 is 5.97 Å². The van der Waals surface area contributed by atoms with Gasteiger partial charge in [0.25, 0.3) is 0 Å². The minimum atomic E-state index is -1.36. The second-order valence-corrected chi connectivity index (χ2v) is 7.03. The molecule has 0 unspecified atom stereocenters. The standard InChI is InChI=1S/C19H26N4O3/c1-4-8-16-11-23(17(24)14(2)3)13-19(16,21-22-20)18(25)26-12-15-9-6-5-7-10-15/h5-7,9-10,14,16H,4,8,11-13H2,1-3H3/t16-,19-/m0/s1. The number of hydrogen-bond acceptors (Lipinski definition) is 4. The van der Waals surface area contributed by atoms with Gasteiger partial charge in [-0.05, 0) is 17.5 Å². The Morgan fingerprint density at radius 3 is 2.65 bits per heavy atom. The second kappa shape index (κ2) is 8.72. The van der Waals surface area contributed by atoms with Crippen molar-refractivity contribution < 1.29 is 14.3 Å². The molecule has 0 saturated carbocycles. The van der Waals surface area contributed by atoms with E-state index in [4.69, 9.17) is 10.3 Å². The van der Waals surface area contributed by atoms with Gasteiger partial charge in [-0.15, -0.1) is 0 Å². The molecule has 26 heavy (non-hydrogen) atoms. The van der Waals surface area contributed by atoms with Crippen LogP contribution in [0.25, 0.3) is 10.4 Å². The molecule has 1 aromatic rings. The van der Waals surface area contributed by atoms with Gasteiger partial charge < -0.3 is 9.64 Å². The second-order valence-electron chi connectivity index (χ2n) is 7.03. The molecule has 0 N–H and O–H groups in total. The van der Waals surface area contributed by atoms with Crippen molar-refractivity contribution in [2.45, 2.75) is 45.8 Å². The molecule has 1 amide bonds. The summed E-state index contributed by atoms with van der Waals surface area (Å²) in [5, 5.41) is 3.87. The molecule has 7 heteroatoms. The van der Waals surface area contributed by atoms with E-state index in [2.05, 4.69) is 10.0 Å². The summed E-state index contributed by atoms with van der Waals surface area (Å²) in [5.41, 5.74) is 8.59. The van der Waals surface area contributed by atoms with Crippen LogP contribution in [0, 0.1) is 11.8 Å². The molecule has 1 heterocycles. The highest BCUT2D eigenvalue weighted by Gasteiger charge is 2.54. The van der Waals surface area contributed by atoms with E-state index >= 15 is 0 Å². The summed E-state index contributed by atoms with van der Waals surface area (Å²) in [6, 6.07) is 9.34. The summed E-state index contributed by atoms with van der Waals surface area (Å²) in [7, 11) is 0. The molecule has 140 valence electrons. The number of esters is 1. The lowest BCUT2D eigenvalue weighted by Crippen LogP contribution is -2.46. The number of ether oxygens (including phenoxy) is 1. The smallest absolute Gasteiger partial charge is 0.320 e. The van der Waals surface area contributed by atoms with Crippen LogP contribution in [0.4, 0.5) is 0 Å². The van der Waals surface area contributed by atoms with Gasteiger partial charge in [-0.1, -0.05) is 62.6 Å². The van der Waals surface area contributed by atoms with E-state index in [1.165, 1.54) is 0 Å². The number of rotatable bonds is 7.